The summed E-state index contributed by atoms with van der Waals surface area (Å²) in [5.74, 6) is -0.0709. The summed E-state index contributed by atoms with van der Waals surface area (Å²) >= 11 is 0. The summed E-state index contributed by atoms with van der Waals surface area (Å²) in [7, 11) is 2.04. The van der Waals surface area contributed by atoms with Crippen molar-refractivity contribution in [1.82, 2.24) is 15.1 Å². The molecule has 0 radical (unpaired) electrons. The van der Waals surface area contributed by atoms with Crippen molar-refractivity contribution in [3.05, 3.63) is 71.3 Å². The number of aliphatic hydroxyl groups excluding tert-OH is 1. The van der Waals surface area contributed by atoms with Crippen LogP contribution in [0, 0.1) is 0 Å². The molecule has 1 saturated heterocycles. The molecule has 5 heteroatoms. The van der Waals surface area contributed by atoms with Gasteiger partial charge in [-0.3, -0.25) is 14.6 Å². The van der Waals surface area contributed by atoms with Gasteiger partial charge in [0.05, 0.1) is 11.8 Å². The fraction of sp³-hybridized carbons (Fsp3) is 0.458. The molecule has 1 amide bonds. The predicted molar refractivity (Wildman–Crippen MR) is 115 cm³/mol. The average molecular weight is 394 g/mol. The van der Waals surface area contributed by atoms with Crippen LogP contribution in [0.5, 0.6) is 0 Å². The van der Waals surface area contributed by atoms with Gasteiger partial charge in [0.25, 0.3) is 5.91 Å². The molecule has 29 heavy (non-hydrogen) atoms. The van der Waals surface area contributed by atoms with E-state index in [1.807, 2.05) is 37.4 Å². The lowest BCUT2D eigenvalue weighted by Gasteiger charge is -2.40. The van der Waals surface area contributed by atoms with Crippen LogP contribution in [0.1, 0.15) is 40.7 Å². The number of hydrogen-bond donors (Lipinski definition) is 2. The molecule has 0 saturated carbocycles. The van der Waals surface area contributed by atoms with Crippen molar-refractivity contribution in [1.29, 1.82) is 0 Å². The molecule has 2 aromatic rings. The molecule has 2 atom stereocenters. The van der Waals surface area contributed by atoms with Gasteiger partial charge in [-0.1, -0.05) is 42.5 Å². The first-order valence-corrected chi connectivity index (χ1v) is 10.6. The molecule has 0 aromatic heterocycles. The van der Waals surface area contributed by atoms with Crippen LogP contribution >= 0.6 is 0 Å². The molecule has 0 spiro atoms. The van der Waals surface area contributed by atoms with Gasteiger partial charge in [-0.2, -0.15) is 0 Å². The van der Waals surface area contributed by atoms with Crippen molar-refractivity contribution in [3.63, 3.8) is 0 Å². The number of aliphatic hydroxyl groups is 1. The molecule has 154 valence electrons. The highest BCUT2D eigenvalue weighted by Crippen LogP contribution is 2.31. The van der Waals surface area contributed by atoms with E-state index in [1.54, 1.807) is 0 Å². The lowest BCUT2D eigenvalue weighted by atomic mass is 9.96. The Kier molecular flexibility index (Phi) is 5.99. The minimum Gasteiger partial charge on any atom is -0.392 e. The van der Waals surface area contributed by atoms with Gasteiger partial charge in [-0.15, -0.1) is 0 Å². The van der Waals surface area contributed by atoms with E-state index >= 15 is 0 Å². The molecule has 4 rings (SSSR count). The Morgan fingerprint density at radius 2 is 1.83 bits per heavy atom. The van der Waals surface area contributed by atoms with Gasteiger partial charge in [-0.25, -0.2) is 0 Å². The van der Waals surface area contributed by atoms with E-state index in [-0.39, 0.29) is 5.91 Å². The number of hydrogen-bond acceptors (Lipinski definition) is 4. The Morgan fingerprint density at radius 3 is 2.55 bits per heavy atom. The lowest BCUT2D eigenvalue weighted by molar-refractivity contribution is 0.0255. The SMILES string of the molecule is CN1CCCC1(CC(O)CN1CCc2ccccc2C1)NC(=O)c1ccccc1. The highest BCUT2D eigenvalue weighted by Gasteiger charge is 2.42. The zero-order chi connectivity index (χ0) is 20.3. The Morgan fingerprint density at radius 1 is 1.10 bits per heavy atom. The monoisotopic (exact) mass is 393 g/mol. The summed E-state index contributed by atoms with van der Waals surface area (Å²) in [5.41, 5.74) is 2.95. The molecule has 5 nitrogen and oxygen atoms in total. The number of carbonyl (C=O) groups excluding carboxylic acids is 1. The van der Waals surface area contributed by atoms with Gasteiger partial charge in [0, 0.05) is 38.2 Å². The minimum atomic E-state index is -0.489. The molecule has 2 aromatic carbocycles. The number of carbonyl (C=O) groups is 1. The van der Waals surface area contributed by atoms with Gasteiger partial charge < -0.3 is 10.4 Å². The third-order valence-electron chi connectivity index (χ3n) is 6.45. The van der Waals surface area contributed by atoms with Crippen molar-refractivity contribution < 1.29 is 9.90 Å². The summed E-state index contributed by atoms with van der Waals surface area (Å²) in [5, 5.41) is 14.2. The standard InChI is InChI=1S/C24H31N3O2/c1-26-14-7-13-24(26,25-23(29)20-9-3-2-4-10-20)16-22(28)18-27-15-12-19-8-5-6-11-21(19)17-27/h2-6,8-11,22,28H,7,12-18H2,1H3,(H,25,29). The predicted octanol–water partition coefficient (Wildman–Crippen LogP) is 2.65. The van der Waals surface area contributed by atoms with E-state index in [9.17, 15) is 9.90 Å². The number of rotatable bonds is 6. The summed E-state index contributed by atoms with van der Waals surface area (Å²) in [6.07, 6.45) is 2.97. The van der Waals surface area contributed by atoms with Crippen molar-refractivity contribution in [2.45, 2.75) is 44.0 Å². The first-order valence-electron chi connectivity index (χ1n) is 10.6. The summed E-state index contributed by atoms with van der Waals surface area (Å²) in [6.45, 7) is 3.41. The van der Waals surface area contributed by atoms with E-state index in [1.165, 1.54) is 11.1 Å². The maximum absolute atomic E-state index is 12.8. The van der Waals surface area contributed by atoms with Gasteiger partial charge in [-0.05, 0) is 49.6 Å². The lowest BCUT2D eigenvalue weighted by Crippen LogP contribution is -2.58. The second-order valence-electron chi connectivity index (χ2n) is 8.49. The third-order valence-corrected chi connectivity index (χ3v) is 6.45. The number of benzene rings is 2. The molecule has 2 aliphatic heterocycles. The maximum atomic E-state index is 12.8. The molecule has 0 bridgehead atoms. The van der Waals surface area contributed by atoms with E-state index in [2.05, 4.69) is 39.4 Å². The fourth-order valence-electron chi connectivity index (χ4n) is 4.82. The zero-order valence-corrected chi connectivity index (χ0v) is 17.2. The molecule has 2 aliphatic rings. The fourth-order valence-corrected chi connectivity index (χ4v) is 4.82. The molecule has 2 heterocycles. The number of nitrogens with zero attached hydrogens (tertiary/aromatic N) is 2. The number of β-amino-alcohol motifs (C(OH)–C–C–N with tert-alkyl or cyclic N) is 1. The second kappa shape index (κ2) is 8.66. The van der Waals surface area contributed by atoms with E-state index in [0.29, 0.717) is 18.5 Å². The summed E-state index contributed by atoms with van der Waals surface area (Å²) in [4.78, 5) is 17.4. The van der Waals surface area contributed by atoms with Crippen LogP contribution in [-0.4, -0.2) is 59.3 Å². The molecule has 1 fully saturated rings. The van der Waals surface area contributed by atoms with Gasteiger partial charge in [0.2, 0.25) is 0 Å². The Labute approximate surface area is 173 Å². The van der Waals surface area contributed by atoms with Crippen molar-refractivity contribution in [3.8, 4) is 0 Å². The topological polar surface area (TPSA) is 55.8 Å². The normalized spacial score (nSPS) is 23.5. The van der Waals surface area contributed by atoms with Crippen molar-refractivity contribution in [2.24, 2.45) is 0 Å². The van der Waals surface area contributed by atoms with Crippen molar-refractivity contribution >= 4 is 5.91 Å². The molecule has 2 unspecified atom stereocenters. The van der Waals surface area contributed by atoms with E-state index in [0.717, 1.165) is 38.9 Å². The van der Waals surface area contributed by atoms with Gasteiger partial charge >= 0.3 is 0 Å². The molecular weight excluding hydrogens is 362 g/mol. The number of likely N-dealkylation sites (tertiary alicyclic amines) is 1. The van der Waals surface area contributed by atoms with Crippen LogP contribution < -0.4 is 5.32 Å². The van der Waals surface area contributed by atoms with Gasteiger partial charge in [0.1, 0.15) is 0 Å². The van der Waals surface area contributed by atoms with Crippen LogP contribution in [0.25, 0.3) is 0 Å². The van der Waals surface area contributed by atoms with Gasteiger partial charge in [0.15, 0.2) is 0 Å². The summed E-state index contributed by atoms with van der Waals surface area (Å²) in [6, 6.07) is 17.9. The molecule has 2 N–H and O–H groups in total. The van der Waals surface area contributed by atoms with E-state index < -0.39 is 11.8 Å². The zero-order valence-electron chi connectivity index (χ0n) is 17.2. The summed E-state index contributed by atoms with van der Waals surface area (Å²) < 4.78 is 0. The highest BCUT2D eigenvalue weighted by molar-refractivity contribution is 5.94. The maximum Gasteiger partial charge on any atom is 0.252 e. The quantitative estimate of drug-likeness (QED) is 0.792. The Hall–Kier alpha value is -2.21. The first kappa shape index (κ1) is 20.1. The largest absolute Gasteiger partial charge is 0.392 e. The second-order valence-corrected chi connectivity index (χ2v) is 8.49. The average Bonchev–Trinajstić information content (AvgIpc) is 3.08. The number of fused-ring (bicyclic) bond motifs is 1. The van der Waals surface area contributed by atoms with Crippen LogP contribution in [0.4, 0.5) is 0 Å². The Balaban J connectivity index is 1.41. The Bertz CT molecular complexity index is 841. The van der Waals surface area contributed by atoms with Crippen LogP contribution in [-0.2, 0) is 13.0 Å². The van der Waals surface area contributed by atoms with Crippen molar-refractivity contribution in [2.75, 3.05) is 26.7 Å². The first-order chi connectivity index (χ1) is 14.1. The molecule has 0 aliphatic carbocycles. The number of amides is 1. The van der Waals surface area contributed by atoms with Crippen LogP contribution in [0.15, 0.2) is 54.6 Å². The smallest absolute Gasteiger partial charge is 0.252 e. The number of nitrogens with one attached hydrogen (secondary N) is 1. The minimum absolute atomic E-state index is 0.0709. The molecular formula is C24H31N3O2. The highest BCUT2D eigenvalue weighted by atomic mass is 16.3. The van der Waals surface area contributed by atoms with E-state index in [4.69, 9.17) is 0 Å². The van der Waals surface area contributed by atoms with Crippen LogP contribution in [0.3, 0.4) is 0 Å². The van der Waals surface area contributed by atoms with Crippen LogP contribution in [0.2, 0.25) is 0 Å². The third kappa shape index (κ3) is 4.53.